The van der Waals surface area contributed by atoms with Gasteiger partial charge in [-0.2, -0.15) is 0 Å². The van der Waals surface area contributed by atoms with E-state index < -0.39 is 5.82 Å². The van der Waals surface area contributed by atoms with Crippen molar-refractivity contribution in [3.05, 3.63) is 83.6 Å². The monoisotopic (exact) mass is 459 g/mol. The Morgan fingerprint density at radius 3 is 2.33 bits per heavy atom. The Bertz CT molecular complexity index is 1050. The summed E-state index contributed by atoms with van der Waals surface area (Å²) in [7, 11) is 0. The zero-order valence-corrected chi connectivity index (χ0v) is 18.4. The predicted molar refractivity (Wildman–Crippen MR) is 128 cm³/mol. The van der Waals surface area contributed by atoms with Crippen LogP contribution in [0.2, 0.25) is 5.02 Å². The smallest absolute Gasteiger partial charge is 0.237 e. The molecule has 0 aromatic heterocycles. The minimum absolute atomic E-state index is 0.0352. The Hall–Kier alpha value is -2.61. The van der Waals surface area contributed by atoms with Gasteiger partial charge in [-0.05, 0) is 67.7 Å². The van der Waals surface area contributed by atoms with Crippen molar-refractivity contribution in [2.24, 2.45) is 0 Å². The third-order valence-corrected chi connectivity index (χ3v) is 5.58. The molecule has 0 bridgehead atoms. The first-order valence-corrected chi connectivity index (χ1v) is 10.7. The second-order valence-electron chi connectivity index (χ2n) is 6.35. The number of thiocarbonyl (C=S) groups is 1. The number of carbonyl (C=O) groups excluding carboxylic acids is 1. The standard InChI is InChI=1S/C22H19ClFN3OS2/c1-14(21(28)25-17-10-11-20(24)19(23)13-17)30-18-9-5-8-16(12-18)27-22(29)26-15-6-3-2-4-7-15/h2-14H,1H3,(H,25,28)(H2,26,27,29). The third-order valence-electron chi connectivity index (χ3n) is 3.99. The van der Waals surface area contributed by atoms with Crippen molar-refractivity contribution in [3.63, 3.8) is 0 Å². The second-order valence-corrected chi connectivity index (χ2v) is 8.58. The van der Waals surface area contributed by atoms with Crippen LogP contribution in [-0.4, -0.2) is 16.3 Å². The molecule has 0 aliphatic heterocycles. The van der Waals surface area contributed by atoms with E-state index in [-0.39, 0.29) is 16.2 Å². The molecule has 4 nitrogen and oxygen atoms in total. The van der Waals surface area contributed by atoms with Gasteiger partial charge < -0.3 is 16.0 Å². The van der Waals surface area contributed by atoms with Crippen LogP contribution in [-0.2, 0) is 4.79 Å². The number of hydrogen-bond donors (Lipinski definition) is 3. The molecule has 3 aromatic carbocycles. The highest BCUT2D eigenvalue weighted by Gasteiger charge is 2.15. The molecule has 30 heavy (non-hydrogen) atoms. The summed E-state index contributed by atoms with van der Waals surface area (Å²) in [5.41, 5.74) is 2.16. The van der Waals surface area contributed by atoms with Gasteiger partial charge in [0.1, 0.15) is 5.82 Å². The summed E-state index contributed by atoms with van der Waals surface area (Å²) in [5, 5.41) is 9.07. The van der Waals surface area contributed by atoms with Crippen molar-refractivity contribution in [1.29, 1.82) is 0 Å². The summed E-state index contributed by atoms with van der Waals surface area (Å²) in [6.07, 6.45) is 0. The maximum absolute atomic E-state index is 13.3. The van der Waals surface area contributed by atoms with Crippen molar-refractivity contribution in [2.45, 2.75) is 17.1 Å². The molecule has 1 amide bonds. The average molecular weight is 460 g/mol. The van der Waals surface area contributed by atoms with E-state index in [9.17, 15) is 9.18 Å². The Balaban J connectivity index is 1.57. The number of carbonyl (C=O) groups is 1. The zero-order valence-electron chi connectivity index (χ0n) is 16.0. The van der Waals surface area contributed by atoms with E-state index in [4.69, 9.17) is 23.8 Å². The number of nitrogens with one attached hydrogen (secondary N) is 3. The van der Waals surface area contributed by atoms with E-state index in [0.717, 1.165) is 16.3 Å². The van der Waals surface area contributed by atoms with Gasteiger partial charge in [0.05, 0.1) is 10.3 Å². The topological polar surface area (TPSA) is 53.2 Å². The summed E-state index contributed by atoms with van der Waals surface area (Å²) < 4.78 is 13.3. The highest BCUT2D eigenvalue weighted by molar-refractivity contribution is 8.00. The van der Waals surface area contributed by atoms with Crippen LogP contribution in [0, 0.1) is 5.82 Å². The molecule has 3 rings (SSSR count). The Morgan fingerprint density at radius 1 is 0.933 bits per heavy atom. The first-order valence-electron chi connectivity index (χ1n) is 9.06. The van der Waals surface area contributed by atoms with Crippen LogP contribution in [0.25, 0.3) is 0 Å². The van der Waals surface area contributed by atoms with Crippen molar-refractivity contribution in [1.82, 2.24) is 0 Å². The lowest BCUT2D eigenvalue weighted by atomic mass is 10.3. The first-order chi connectivity index (χ1) is 14.4. The molecule has 154 valence electrons. The van der Waals surface area contributed by atoms with Crippen molar-refractivity contribution >= 4 is 63.7 Å². The fourth-order valence-corrected chi connectivity index (χ4v) is 3.88. The summed E-state index contributed by atoms with van der Waals surface area (Å²) in [6, 6.07) is 21.3. The van der Waals surface area contributed by atoms with Crippen molar-refractivity contribution < 1.29 is 9.18 Å². The first kappa shape index (κ1) is 22.1. The van der Waals surface area contributed by atoms with Crippen LogP contribution < -0.4 is 16.0 Å². The quantitative estimate of drug-likeness (QED) is 0.294. The van der Waals surface area contributed by atoms with Gasteiger partial charge in [0, 0.05) is 22.0 Å². The molecule has 0 fully saturated rings. The molecule has 3 N–H and O–H groups in total. The minimum atomic E-state index is -0.527. The number of thioether (sulfide) groups is 1. The highest BCUT2D eigenvalue weighted by atomic mass is 35.5. The van der Waals surface area contributed by atoms with E-state index in [2.05, 4.69) is 16.0 Å². The second kappa shape index (κ2) is 10.4. The van der Waals surface area contributed by atoms with E-state index in [0.29, 0.717) is 10.8 Å². The van der Waals surface area contributed by atoms with Crippen LogP contribution in [0.1, 0.15) is 6.92 Å². The lowest BCUT2D eigenvalue weighted by Gasteiger charge is -2.14. The SMILES string of the molecule is CC(Sc1cccc(NC(=S)Nc2ccccc2)c1)C(=O)Nc1ccc(F)c(Cl)c1. The van der Waals surface area contributed by atoms with Gasteiger partial charge in [0.2, 0.25) is 5.91 Å². The van der Waals surface area contributed by atoms with Gasteiger partial charge in [-0.1, -0.05) is 35.9 Å². The maximum Gasteiger partial charge on any atom is 0.237 e. The summed E-state index contributed by atoms with van der Waals surface area (Å²) >= 11 is 12.5. The van der Waals surface area contributed by atoms with Crippen LogP contribution >= 0.6 is 35.6 Å². The lowest BCUT2D eigenvalue weighted by Crippen LogP contribution is -2.22. The molecular weight excluding hydrogens is 441 g/mol. The molecule has 0 radical (unpaired) electrons. The Kier molecular flexibility index (Phi) is 7.68. The number of anilines is 3. The number of rotatable bonds is 6. The lowest BCUT2D eigenvalue weighted by molar-refractivity contribution is -0.115. The van der Waals surface area contributed by atoms with Crippen LogP contribution in [0.5, 0.6) is 0 Å². The normalized spacial score (nSPS) is 11.4. The number of amides is 1. The average Bonchev–Trinajstić information content (AvgIpc) is 2.71. The molecule has 0 aliphatic rings. The Morgan fingerprint density at radius 2 is 1.60 bits per heavy atom. The van der Waals surface area contributed by atoms with Crippen LogP contribution in [0.4, 0.5) is 21.5 Å². The molecule has 8 heteroatoms. The summed E-state index contributed by atoms with van der Waals surface area (Å²) in [6.45, 7) is 1.80. The fourth-order valence-electron chi connectivity index (χ4n) is 2.54. The van der Waals surface area contributed by atoms with E-state index in [1.807, 2.05) is 54.6 Å². The summed E-state index contributed by atoms with van der Waals surface area (Å²) in [5.74, 6) is -0.733. The molecule has 1 unspecified atom stereocenters. The fraction of sp³-hybridized carbons (Fsp3) is 0.0909. The molecule has 0 heterocycles. The van der Waals surface area contributed by atoms with E-state index in [1.54, 1.807) is 6.92 Å². The number of halogens is 2. The minimum Gasteiger partial charge on any atom is -0.332 e. The predicted octanol–water partition coefficient (Wildman–Crippen LogP) is 6.41. The molecule has 1 atom stereocenters. The molecule has 0 saturated carbocycles. The van der Waals surface area contributed by atoms with Gasteiger partial charge in [-0.25, -0.2) is 4.39 Å². The van der Waals surface area contributed by atoms with E-state index >= 15 is 0 Å². The molecule has 0 spiro atoms. The molecular formula is C22H19ClFN3OS2. The van der Waals surface area contributed by atoms with Gasteiger partial charge in [-0.3, -0.25) is 4.79 Å². The summed E-state index contributed by atoms with van der Waals surface area (Å²) in [4.78, 5) is 13.4. The highest BCUT2D eigenvalue weighted by Crippen LogP contribution is 2.27. The van der Waals surface area contributed by atoms with Gasteiger partial charge >= 0.3 is 0 Å². The largest absolute Gasteiger partial charge is 0.332 e. The van der Waals surface area contributed by atoms with Gasteiger partial charge in [-0.15, -0.1) is 11.8 Å². The third kappa shape index (κ3) is 6.45. The van der Waals surface area contributed by atoms with Gasteiger partial charge in [0.15, 0.2) is 5.11 Å². The number of hydrogen-bond acceptors (Lipinski definition) is 3. The molecule has 3 aromatic rings. The van der Waals surface area contributed by atoms with Crippen molar-refractivity contribution in [2.75, 3.05) is 16.0 Å². The Labute approximate surface area is 189 Å². The number of benzene rings is 3. The van der Waals surface area contributed by atoms with Crippen molar-refractivity contribution in [3.8, 4) is 0 Å². The van der Waals surface area contributed by atoms with Crippen LogP contribution in [0.15, 0.2) is 77.7 Å². The van der Waals surface area contributed by atoms with Crippen LogP contribution in [0.3, 0.4) is 0 Å². The number of para-hydroxylation sites is 1. The maximum atomic E-state index is 13.3. The van der Waals surface area contributed by atoms with Gasteiger partial charge in [0.25, 0.3) is 0 Å². The van der Waals surface area contributed by atoms with E-state index in [1.165, 1.54) is 30.0 Å². The molecule has 0 saturated heterocycles. The zero-order chi connectivity index (χ0) is 21.5. The molecule has 0 aliphatic carbocycles.